The SMILES string of the molecule is CC(C)(C)OC(=O)N1CCC[C@@H](N[C@@H]2CCCOC2)CC1. The molecule has 0 bridgehead atoms. The highest BCUT2D eigenvalue weighted by molar-refractivity contribution is 5.68. The van der Waals surface area contributed by atoms with Crippen molar-refractivity contribution >= 4 is 6.09 Å². The molecule has 122 valence electrons. The van der Waals surface area contributed by atoms with Crippen molar-refractivity contribution in [2.75, 3.05) is 26.3 Å². The van der Waals surface area contributed by atoms with Crippen molar-refractivity contribution < 1.29 is 14.3 Å². The fourth-order valence-electron chi connectivity index (χ4n) is 2.98. The summed E-state index contributed by atoms with van der Waals surface area (Å²) in [5, 5.41) is 3.70. The molecule has 5 heteroatoms. The van der Waals surface area contributed by atoms with Gasteiger partial charge in [0.05, 0.1) is 6.61 Å². The number of carbonyl (C=O) groups excluding carboxylic acids is 1. The van der Waals surface area contributed by atoms with Gasteiger partial charge in [-0.05, 0) is 52.9 Å². The predicted octanol–water partition coefficient (Wildman–Crippen LogP) is 2.54. The molecule has 0 aliphatic carbocycles. The number of likely N-dealkylation sites (tertiary alicyclic amines) is 1. The van der Waals surface area contributed by atoms with E-state index in [1.165, 1.54) is 6.42 Å². The van der Waals surface area contributed by atoms with Crippen LogP contribution in [0.2, 0.25) is 0 Å². The van der Waals surface area contributed by atoms with E-state index in [9.17, 15) is 4.79 Å². The summed E-state index contributed by atoms with van der Waals surface area (Å²) in [5.74, 6) is 0. The molecule has 0 spiro atoms. The number of amides is 1. The van der Waals surface area contributed by atoms with Crippen LogP contribution in [0.1, 0.15) is 52.9 Å². The van der Waals surface area contributed by atoms with Gasteiger partial charge in [0.2, 0.25) is 0 Å². The van der Waals surface area contributed by atoms with E-state index in [0.717, 1.165) is 52.0 Å². The minimum absolute atomic E-state index is 0.177. The Hall–Kier alpha value is -0.810. The average molecular weight is 298 g/mol. The minimum atomic E-state index is -0.416. The van der Waals surface area contributed by atoms with Crippen LogP contribution in [0.3, 0.4) is 0 Å². The molecule has 5 nitrogen and oxygen atoms in total. The molecule has 2 atom stereocenters. The normalized spacial score (nSPS) is 28.0. The summed E-state index contributed by atoms with van der Waals surface area (Å²) in [7, 11) is 0. The lowest BCUT2D eigenvalue weighted by Crippen LogP contribution is -2.44. The van der Waals surface area contributed by atoms with Crippen molar-refractivity contribution in [3.05, 3.63) is 0 Å². The highest BCUT2D eigenvalue weighted by atomic mass is 16.6. The molecular formula is C16H30N2O3. The maximum atomic E-state index is 12.1. The summed E-state index contributed by atoms with van der Waals surface area (Å²) in [4.78, 5) is 14.0. The Morgan fingerprint density at radius 1 is 1.14 bits per heavy atom. The Balaban J connectivity index is 1.77. The summed E-state index contributed by atoms with van der Waals surface area (Å²) >= 11 is 0. The van der Waals surface area contributed by atoms with E-state index < -0.39 is 5.60 Å². The van der Waals surface area contributed by atoms with E-state index in [-0.39, 0.29) is 6.09 Å². The molecule has 1 amide bonds. The number of hydrogen-bond donors (Lipinski definition) is 1. The van der Waals surface area contributed by atoms with Crippen molar-refractivity contribution in [3.63, 3.8) is 0 Å². The largest absolute Gasteiger partial charge is 0.444 e. The maximum absolute atomic E-state index is 12.1. The third kappa shape index (κ3) is 5.83. The zero-order chi connectivity index (χ0) is 15.3. The van der Waals surface area contributed by atoms with Gasteiger partial charge in [-0.3, -0.25) is 0 Å². The van der Waals surface area contributed by atoms with Gasteiger partial charge in [-0.2, -0.15) is 0 Å². The summed E-state index contributed by atoms with van der Waals surface area (Å²) < 4.78 is 11.0. The van der Waals surface area contributed by atoms with Crippen molar-refractivity contribution in [2.24, 2.45) is 0 Å². The molecule has 0 saturated carbocycles. The van der Waals surface area contributed by atoms with Crippen LogP contribution in [0, 0.1) is 0 Å². The smallest absolute Gasteiger partial charge is 0.410 e. The number of nitrogens with one attached hydrogen (secondary N) is 1. The van der Waals surface area contributed by atoms with Gasteiger partial charge >= 0.3 is 6.09 Å². The summed E-state index contributed by atoms with van der Waals surface area (Å²) in [6.07, 6.45) is 5.32. The molecule has 1 N–H and O–H groups in total. The van der Waals surface area contributed by atoms with Crippen LogP contribution in [0.25, 0.3) is 0 Å². The first-order valence-corrected chi connectivity index (χ1v) is 8.26. The standard InChI is InChI=1S/C16H30N2O3/c1-16(2,3)21-15(19)18-9-4-6-13(8-10-18)17-14-7-5-11-20-12-14/h13-14,17H,4-12H2,1-3H3/t13-,14-/m1/s1. The zero-order valence-electron chi connectivity index (χ0n) is 13.7. The quantitative estimate of drug-likeness (QED) is 0.851. The van der Waals surface area contributed by atoms with Crippen LogP contribution < -0.4 is 5.32 Å². The maximum Gasteiger partial charge on any atom is 0.410 e. The lowest BCUT2D eigenvalue weighted by Gasteiger charge is -2.28. The van der Waals surface area contributed by atoms with Gasteiger partial charge < -0.3 is 19.7 Å². The van der Waals surface area contributed by atoms with E-state index in [4.69, 9.17) is 9.47 Å². The van der Waals surface area contributed by atoms with Crippen LogP contribution in [-0.2, 0) is 9.47 Å². The van der Waals surface area contributed by atoms with Crippen LogP contribution in [-0.4, -0.2) is 55.0 Å². The monoisotopic (exact) mass is 298 g/mol. The molecule has 0 aromatic rings. The molecule has 0 aromatic heterocycles. The van der Waals surface area contributed by atoms with Gasteiger partial charge in [0.1, 0.15) is 5.60 Å². The van der Waals surface area contributed by atoms with E-state index in [1.807, 2.05) is 25.7 Å². The van der Waals surface area contributed by atoms with Gasteiger partial charge in [0, 0.05) is 31.8 Å². The minimum Gasteiger partial charge on any atom is -0.444 e. The van der Waals surface area contributed by atoms with E-state index in [2.05, 4.69) is 5.32 Å². The van der Waals surface area contributed by atoms with Crippen molar-refractivity contribution in [1.82, 2.24) is 10.2 Å². The molecule has 2 aliphatic heterocycles. The highest BCUT2D eigenvalue weighted by Crippen LogP contribution is 2.17. The van der Waals surface area contributed by atoms with E-state index in [0.29, 0.717) is 12.1 Å². The second-order valence-corrected chi connectivity index (χ2v) is 7.18. The molecular weight excluding hydrogens is 268 g/mol. The highest BCUT2D eigenvalue weighted by Gasteiger charge is 2.26. The van der Waals surface area contributed by atoms with Crippen LogP contribution in [0.15, 0.2) is 0 Å². The number of ether oxygens (including phenoxy) is 2. The van der Waals surface area contributed by atoms with Crippen LogP contribution in [0.4, 0.5) is 4.79 Å². The second-order valence-electron chi connectivity index (χ2n) is 7.18. The molecule has 0 aromatic carbocycles. The van der Waals surface area contributed by atoms with Crippen LogP contribution >= 0.6 is 0 Å². The zero-order valence-corrected chi connectivity index (χ0v) is 13.7. The summed E-state index contributed by atoms with van der Waals surface area (Å²) in [6.45, 7) is 9.04. The lowest BCUT2D eigenvalue weighted by atomic mass is 10.1. The van der Waals surface area contributed by atoms with Gasteiger partial charge in [-0.25, -0.2) is 4.79 Å². The Labute approximate surface area is 128 Å². The van der Waals surface area contributed by atoms with Gasteiger partial charge in [0.15, 0.2) is 0 Å². The van der Waals surface area contributed by atoms with Gasteiger partial charge in [0.25, 0.3) is 0 Å². The topological polar surface area (TPSA) is 50.8 Å². The van der Waals surface area contributed by atoms with Gasteiger partial charge in [-0.15, -0.1) is 0 Å². The van der Waals surface area contributed by atoms with Crippen molar-refractivity contribution in [2.45, 2.75) is 70.6 Å². The molecule has 0 radical (unpaired) electrons. The summed E-state index contributed by atoms with van der Waals surface area (Å²) in [6, 6.07) is 0.973. The molecule has 0 unspecified atom stereocenters. The average Bonchev–Trinajstić information content (AvgIpc) is 2.64. The van der Waals surface area contributed by atoms with Gasteiger partial charge in [-0.1, -0.05) is 0 Å². The molecule has 2 saturated heterocycles. The first kappa shape index (κ1) is 16.6. The third-order valence-corrected chi connectivity index (χ3v) is 4.01. The number of carbonyl (C=O) groups is 1. The molecule has 2 aliphatic rings. The van der Waals surface area contributed by atoms with Crippen LogP contribution in [0.5, 0.6) is 0 Å². The Morgan fingerprint density at radius 3 is 2.57 bits per heavy atom. The van der Waals surface area contributed by atoms with E-state index >= 15 is 0 Å². The first-order chi connectivity index (χ1) is 9.94. The molecule has 2 heterocycles. The second kappa shape index (κ2) is 7.45. The van der Waals surface area contributed by atoms with Crippen molar-refractivity contribution in [3.8, 4) is 0 Å². The molecule has 2 fully saturated rings. The predicted molar refractivity (Wildman–Crippen MR) is 82.4 cm³/mol. The fourth-order valence-corrected chi connectivity index (χ4v) is 2.98. The first-order valence-electron chi connectivity index (χ1n) is 8.26. The fraction of sp³-hybridized carbons (Fsp3) is 0.938. The number of nitrogens with zero attached hydrogens (tertiary/aromatic N) is 1. The Kier molecular flexibility index (Phi) is 5.88. The molecule has 21 heavy (non-hydrogen) atoms. The lowest BCUT2D eigenvalue weighted by molar-refractivity contribution is 0.0254. The molecule has 2 rings (SSSR count). The van der Waals surface area contributed by atoms with E-state index in [1.54, 1.807) is 0 Å². The third-order valence-electron chi connectivity index (χ3n) is 4.01. The Morgan fingerprint density at radius 2 is 1.90 bits per heavy atom. The number of hydrogen-bond acceptors (Lipinski definition) is 4. The van der Waals surface area contributed by atoms with Crippen molar-refractivity contribution in [1.29, 1.82) is 0 Å². The number of rotatable bonds is 2. The Bertz CT molecular complexity index is 335. The summed E-state index contributed by atoms with van der Waals surface area (Å²) in [5.41, 5.74) is -0.416.